The minimum atomic E-state index is -0.119. The minimum absolute atomic E-state index is 0.119. The number of allylic oxidation sites excluding steroid dienone is 1. The van der Waals surface area contributed by atoms with Crippen LogP contribution in [0.1, 0.15) is 51.4 Å². The van der Waals surface area contributed by atoms with Crippen LogP contribution in [-0.4, -0.2) is 6.67 Å². The monoisotopic (exact) mass is 198 g/mol. The van der Waals surface area contributed by atoms with Crippen LogP contribution in [-0.2, 0) is 0 Å². The molecule has 0 aliphatic heterocycles. The molecule has 1 aliphatic carbocycles. The van der Waals surface area contributed by atoms with E-state index in [1.165, 1.54) is 38.5 Å². The summed E-state index contributed by atoms with van der Waals surface area (Å²) in [6, 6.07) is 0. The molecule has 1 aliphatic rings. The summed E-state index contributed by atoms with van der Waals surface area (Å²) in [5.41, 5.74) is 0. The zero-order valence-electron chi connectivity index (χ0n) is 9.18. The Kier molecular flexibility index (Phi) is 5.89. The fraction of sp³-hybridized carbons (Fsp3) is 0.846. The van der Waals surface area contributed by atoms with E-state index in [4.69, 9.17) is 0 Å². The van der Waals surface area contributed by atoms with Crippen molar-refractivity contribution in [3.63, 3.8) is 0 Å². The first-order valence-electron chi connectivity index (χ1n) is 6.03. The van der Waals surface area contributed by atoms with Crippen LogP contribution in [0.2, 0.25) is 0 Å². The van der Waals surface area contributed by atoms with Crippen molar-refractivity contribution in [2.45, 2.75) is 51.4 Å². The van der Waals surface area contributed by atoms with Crippen molar-refractivity contribution in [3.8, 4) is 0 Å². The summed E-state index contributed by atoms with van der Waals surface area (Å²) in [4.78, 5) is 0. The Morgan fingerprint density at radius 2 is 1.64 bits per heavy atom. The Bertz CT molecular complexity index is 145. The maximum absolute atomic E-state index is 12.1. The molecular weight excluding hydrogens is 175 g/mol. The minimum Gasteiger partial charge on any atom is -0.251 e. The van der Waals surface area contributed by atoms with Crippen molar-refractivity contribution in [3.05, 3.63) is 12.7 Å². The van der Waals surface area contributed by atoms with E-state index in [-0.39, 0.29) is 6.67 Å². The Hall–Kier alpha value is -0.330. The fourth-order valence-corrected chi connectivity index (χ4v) is 2.51. The van der Waals surface area contributed by atoms with E-state index in [1.54, 1.807) is 0 Å². The molecule has 1 heteroatoms. The smallest absolute Gasteiger partial charge is 0.0897 e. The summed E-state index contributed by atoms with van der Waals surface area (Å²) >= 11 is 0. The maximum atomic E-state index is 12.1. The van der Waals surface area contributed by atoms with Gasteiger partial charge in [0.2, 0.25) is 0 Å². The molecule has 0 aromatic rings. The van der Waals surface area contributed by atoms with Gasteiger partial charge in [0.25, 0.3) is 0 Å². The van der Waals surface area contributed by atoms with Crippen LogP contribution in [0.4, 0.5) is 4.39 Å². The number of rotatable bonds is 6. The van der Waals surface area contributed by atoms with Crippen LogP contribution in [0.15, 0.2) is 12.7 Å². The Morgan fingerprint density at radius 1 is 1.07 bits per heavy atom. The zero-order valence-corrected chi connectivity index (χ0v) is 9.18. The van der Waals surface area contributed by atoms with Gasteiger partial charge in [-0.3, -0.25) is 4.39 Å². The first-order chi connectivity index (χ1) is 6.86. The molecule has 0 saturated heterocycles. The third-order valence-corrected chi connectivity index (χ3v) is 3.50. The summed E-state index contributed by atoms with van der Waals surface area (Å²) in [7, 11) is 0. The van der Waals surface area contributed by atoms with Crippen molar-refractivity contribution < 1.29 is 4.39 Å². The third kappa shape index (κ3) is 4.26. The van der Waals surface area contributed by atoms with Crippen molar-refractivity contribution in [2.75, 3.05) is 6.67 Å². The lowest BCUT2D eigenvalue weighted by Crippen LogP contribution is -2.14. The highest BCUT2D eigenvalue weighted by Crippen LogP contribution is 2.33. The average molecular weight is 198 g/mol. The van der Waals surface area contributed by atoms with Gasteiger partial charge in [-0.05, 0) is 31.1 Å². The topological polar surface area (TPSA) is 0 Å². The lowest BCUT2D eigenvalue weighted by Gasteiger charge is -2.27. The number of halogens is 1. The molecule has 1 rings (SSSR count). The molecule has 0 unspecified atom stereocenters. The molecule has 0 aromatic heterocycles. The van der Waals surface area contributed by atoms with Gasteiger partial charge in [0.1, 0.15) is 0 Å². The van der Waals surface area contributed by atoms with E-state index >= 15 is 0 Å². The second-order valence-corrected chi connectivity index (χ2v) is 4.58. The standard InChI is InChI=1S/C13H23F/c1-2-3-4-5-12-6-8-13(9-7-12)10-11-14/h2,12-13H,1,3-11H2. The molecule has 0 N–H and O–H groups in total. The Morgan fingerprint density at radius 3 is 2.14 bits per heavy atom. The molecule has 1 fully saturated rings. The van der Waals surface area contributed by atoms with E-state index < -0.39 is 0 Å². The number of alkyl halides is 1. The largest absolute Gasteiger partial charge is 0.251 e. The molecular formula is C13H23F. The second kappa shape index (κ2) is 7.03. The van der Waals surface area contributed by atoms with Gasteiger partial charge < -0.3 is 0 Å². The summed E-state index contributed by atoms with van der Waals surface area (Å²) in [5.74, 6) is 1.61. The SMILES string of the molecule is C=CCCCC1CCC(CCF)CC1. The number of unbranched alkanes of at least 4 members (excludes halogenated alkanes) is 1. The molecule has 1 saturated carbocycles. The normalized spacial score (nSPS) is 27.5. The van der Waals surface area contributed by atoms with Crippen molar-refractivity contribution in [1.82, 2.24) is 0 Å². The summed E-state index contributed by atoms with van der Waals surface area (Å²) in [6.07, 6.45) is 11.8. The highest BCUT2D eigenvalue weighted by Gasteiger charge is 2.20. The van der Waals surface area contributed by atoms with Crippen LogP contribution >= 0.6 is 0 Å². The van der Waals surface area contributed by atoms with Gasteiger partial charge in [0.15, 0.2) is 0 Å². The molecule has 0 amide bonds. The molecule has 0 bridgehead atoms. The summed E-state index contributed by atoms with van der Waals surface area (Å²) < 4.78 is 12.1. The van der Waals surface area contributed by atoms with Crippen molar-refractivity contribution >= 4 is 0 Å². The average Bonchev–Trinajstić information content (AvgIpc) is 2.21. The van der Waals surface area contributed by atoms with Gasteiger partial charge in [-0.15, -0.1) is 6.58 Å². The lowest BCUT2D eigenvalue weighted by molar-refractivity contribution is 0.236. The first-order valence-corrected chi connectivity index (χ1v) is 6.03. The second-order valence-electron chi connectivity index (χ2n) is 4.58. The fourth-order valence-electron chi connectivity index (χ4n) is 2.51. The van der Waals surface area contributed by atoms with E-state index in [0.717, 1.165) is 18.8 Å². The first kappa shape index (κ1) is 11.7. The van der Waals surface area contributed by atoms with E-state index in [0.29, 0.717) is 5.92 Å². The molecule has 0 nitrogen and oxygen atoms in total. The lowest BCUT2D eigenvalue weighted by atomic mass is 9.79. The molecule has 14 heavy (non-hydrogen) atoms. The van der Waals surface area contributed by atoms with Gasteiger partial charge in [-0.1, -0.05) is 38.2 Å². The summed E-state index contributed by atoms with van der Waals surface area (Å²) in [5, 5.41) is 0. The van der Waals surface area contributed by atoms with Gasteiger partial charge >= 0.3 is 0 Å². The number of hydrogen-bond donors (Lipinski definition) is 0. The molecule has 0 aromatic carbocycles. The van der Waals surface area contributed by atoms with Gasteiger partial charge in [-0.2, -0.15) is 0 Å². The molecule has 0 heterocycles. The summed E-state index contributed by atoms with van der Waals surface area (Å²) in [6.45, 7) is 3.62. The zero-order chi connectivity index (χ0) is 10.2. The quantitative estimate of drug-likeness (QED) is 0.435. The predicted octanol–water partition coefficient (Wildman–Crippen LogP) is 4.51. The maximum Gasteiger partial charge on any atom is 0.0897 e. The van der Waals surface area contributed by atoms with Gasteiger partial charge in [-0.25, -0.2) is 0 Å². The Labute approximate surface area is 87.6 Å². The van der Waals surface area contributed by atoms with Crippen LogP contribution < -0.4 is 0 Å². The van der Waals surface area contributed by atoms with Gasteiger partial charge in [0.05, 0.1) is 6.67 Å². The number of hydrogen-bond acceptors (Lipinski definition) is 0. The predicted molar refractivity (Wildman–Crippen MR) is 60.1 cm³/mol. The molecule has 0 atom stereocenters. The van der Waals surface area contributed by atoms with Crippen molar-refractivity contribution in [2.24, 2.45) is 11.8 Å². The van der Waals surface area contributed by atoms with Crippen LogP contribution in [0.3, 0.4) is 0 Å². The molecule has 82 valence electrons. The van der Waals surface area contributed by atoms with Crippen LogP contribution in [0.5, 0.6) is 0 Å². The third-order valence-electron chi connectivity index (χ3n) is 3.50. The van der Waals surface area contributed by atoms with E-state index in [2.05, 4.69) is 6.58 Å². The highest BCUT2D eigenvalue weighted by molar-refractivity contribution is 4.74. The van der Waals surface area contributed by atoms with Crippen LogP contribution in [0, 0.1) is 11.8 Å². The Balaban J connectivity index is 2.06. The van der Waals surface area contributed by atoms with Crippen molar-refractivity contribution in [1.29, 1.82) is 0 Å². The van der Waals surface area contributed by atoms with E-state index in [1.807, 2.05) is 6.08 Å². The van der Waals surface area contributed by atoms with E-state index in [9.17, 15) is 4.39 Å². The van der Waals surface area contributed by atoms with Crippen LogP contribution in [0.25, 0.3) is 0 Å². The molecule has 0 spiro atoms. The highest BCUT2D eigenvalue weighted by atomic mass is 19.1. The van der Waals surface area contributed by atoms with Gasteiger partial charge in [0, 0.05) is 0 Å². The molecule has 0 radical (unpaired) electrons.